The van der Waals surface area contributed by atoms with E-state index in [-0.39, 0.29) is 26.3 Å². The van der Waals surface area contributed by atoms with Crippen LogP contribution in [0, 0.1) is 0 Å². The molecule has 7 nitrogen and oxygen atoms in total. The Balaban J connectivity index is 2.36. The Kier molecular flexibility index (Phi) is 4.54. The monoisotopic (exact) mass is 374 g/mol. The second kappa shape index (κ2) is 5.94. The summed E-state index contributed by atoms with van der Waals surface area (Å²) in [6, 6.07) is 1.48. The first-order valence-electron chi connectivity index (χ1n) is 5.68. The summed E-state index contributed by atoms with van der Waals surface area (Å²) >= 11 is 11.8. The number of rotatable bonds is 4. The molecular formula is C10H10Cl2F2N4O3S. The lowest BCUT2D eigenvalue weighted by Crippen LogP contribution is -2.33. The molecule has 0 spiro atoms. The molecule has 1 aliphatic heterocycles. The van der Waals surface area contributed by atoms with Crippen LogP contribution in [-0.2, 0) is 10.0 Å². The predicted molar refractivity (Wildman–Crippen MR) is 78.6 cm³/mol. The Morgan fingerprint density at radius 2 is 1.95 bits per heavy atom. The molecule has 2 rings (SSSR count). The van der Waals surface area contributed by atoms with Crippen molar-refractivity contribution in [2.45, 2.75) is 6.55 Å². The molecule has 2 amide bonds. The number of urea groups is 1. The summed E-state index contributed by atoms with van der Waals surface area (Å²) in [6.45, 7) is -3.44. The Labute approximate surface area is 134 Å². The van der Waals surface area contributed by atoms with Crippen molar-refractivity contribution in [1.29, 1.82) is 0 Å². The predicted octanol–water partition coefficient (Wildman–Crippen LogP) is 2.29. The lowest BCUT2D eigenvalue weighted by atomic mass is 10.2. The van der Waals surface area contributed by atoms with Crippen LogP contribution >= 0.6 is 23.2 Å². The lowest BCUT2D eigenvalue weighted by Gasteiger charge is -2.20. The van der Waals surface area contributed by atoms with Crippen molar-refractivity contribution in [1.82, 2.24) is 10.3 Å². The van der Waals surface area contributed by atoms with Crippen LogP contribution in [0.5, 0.6) is 0 Å². The number of anilines is 2. The van der Waals surface area contributed by atoms with Crippen molar-refractivity contribution in [3.05, 3.63) is 22.2 Å². The Hall–Kier alpha value is -1.52. The molecule has 0 radical (unpaired) electrons. The molecule has 0 saturated carbocycles. The Morgan fingerprint density at radius 3 is 2.45 bits per heavy atom. The number of carbonyl (C=O) groups excluding carboxylic acids is 1. The third kappa shape index (κ3) is 3.62. The molecule has 0 aromatic heterocycles. The number of nitrogens with zero attached hydrogens (tertiary/aromatic N) is 2. The van der Waals surface area contributed by atoms with Crippen molar-refractivity contribution >= 4 is 50.6 Å². The van der Waals surface area contributed by atoms with E-state index in [4.69, 9.17) is 23.2 Å². The van der Waals surface area contributed by atoms with Crippen LogP contribution in [0.15, 0.2) is 12.1 Å². The van der Waals surface area contributed by atoms with Crippen molar-refractivity contribution in [2.24, 2.45) is 0 Å². The number of halogens is 4. The number of nitrogens with one attached hydrogen (secondary N) is 2. The number of amides is 2. The summed E-state index contributed by atoms with van der Waals surface area (Å²) < 4.78 is 50.0. The molecule has 22 heavy (non-hydrogen) atoms. The minimum atomic E-state index is -3.60. The van der Waals surface area contributed by atoms with E-state index in [1.54, 1.807) is 0 Å². The van der Waals surface area contributed by atoms with Crippen LogP contribution < -0.4 is 15.2 Å². The quantitative estimate of drug-likeness (QED) is 0.792. The summed E-state index contributed by atoms with van der Waals surface area (Å²) in [5, 5.41) is 1.14. The van der Waals surface area contributed by atoms with E-state index >= 15 is 0 Å². The van der Waals surface area contributed by atoms with Gasteiger partial charge in [0.1, 0.15) is 6.67 Å². The SMILES string of the molecule is CS(=O)(=O)Nc1cc(N2CN(C(F)F)C(=O)N2)c(Cl)cc1Cl. The lowest BCUT2D eigenvalue weighted by molar-refractivity contribution is 0.0140. The maximum Gasteiger partial charge on any atom is 0.342 e. The standard InChI is InChI=1S/C10H10Cl2F2N4O3S/c1-22(20,21)16-7-3-8(6(12)2-5(7)11)18-4-17(9(13)14)10(19)15-18/h2-3,9,16H,4H2,1H3,(H,15,19). The van der Waals surface area contributed by atoms with Gasteiger partial charge in [-0.3, -0.25) is 9.73 Å². The minimum absolute atomic E-state index is 0.00770. The molecular weight excluding hydrogens is 365 g/mol. The van der Waals surface area contributed by atoms with Gasteiger partial charge >= 0.3 is 12.6 Å². The molecule has 1 heterocycles. The molecule has 2 N–H and O–H groups in total. The number of hydrogen-bond donors (Lipinski definition) is 2. The fraction of sp³-hybridized carbons (Fsp3) is 0.300. The van der Waals surface area contributed by atoms with E-state index in [1.807, 2.05) is 0 Å². The molecule has 12 heteroatoms. The van der Waals surface area contributed by atoms with Gasteiger partial charge in [-0.25, -0.2) is 23.5 Å². The zero-order valence-electron chi connectivity index (χ0n) is 11.0. The highest BCUT2D eigenvalue weighted by Gasteiger charge is 2.34. The van der Waals surface area contributed by atoms with Gasteiger partial charge in [0.15, 0.2) is 0 Å². The van der Waals surface area contributed by atoms with Crippen LogP contribution in [0.4, 0.5) is 25.0 Å². The number of alkyl halides is 2. The van der Waals surface area contributed by atoms with Crippen molar-refractivity contribution < 1.29 is 22.0 Å². The van der Waals surface area contributed by atoms with Crippen molar-refractivity contribution in [3.8, 4) is 0 Å². The summed E-state index contributed by atoms with van der Waals surface area (Å²) in [7, 11) is -3.60. The third-order valence-corrected chi connectivity index (χ3v) is 3.85. The second-order valence-corrected chi connectivity index (χ2v) is 6.95. The van der Waals surface area contributed by atoms with Gasteiger partial charge in [-0.2, -0.15) is 8.78 Å². The van der Waals surface area contributed by atoms with Crippen LogP contribution in [0.2, 0.25) is 10.0 Å². The summed E-state index contributed by atoms with van der Waals surface area (Å²) in [5.41, 5.74) is 2.31. The Morgan fingerprint density at radius 1 is 1.32 bits per heavy atom. The van der Waals surface area contributed by atoms with Crippen molar-refractivity contribution in [3.63, 3.8) is 0 Å². The number of benzene rings is 1. The van der Waals surface area contributed by atoms with Gasteiger partial charge in [0.25, 0.3) is 0 Å². The molecule has 0 aliphatic carbocycles. The average Bonchev–Trinajstić information content (AvgIpc) is 2.73. The zero-order chi connectivity index (χ0) is 16.7. The van der Waals surface area contributed by atoms with Crippen LogP contribution in [0.3, 0.4) is 0 Å². The molecule has 0 atom stereocenters. The van der Waals surface area contributed by atoms with Gasteiger partial charge in [0.05, 0.1) is 27.7 Å². The van der Waals surface area contributed by atoms with Gasteiger partial charge in [0, 0.05) is 0 Å². The fourth-order valence-electron chi connectivity index (χ4n) is 1.74. The van der Waals surface area contributed by atoms with E-state index in [0.29, 0.717) is 0 Å². The maximum absolute atomic E-state index is 12.6. The van der Waals surface area contributed by atoms with Gasteiger partial charge in [-0.15, -0.1) is 0 Å². The highest BCUT2D eigenvalue weighted by atomic mass is 35.5. The fourth-order valence-corrected chi connectivity index (χ4v) is 2.90. The molecule has 0 unspecified atom stereocenters. The third-order valence-electron chi connectivity index (χ3n) is 2.64. The molecule has 1 aromatic carbocycles. The highest BCUT2D eigenvalue weighted by molar-refractivity contribution is 7.92. The molecule has 1 aromatic rings. The summed E-state index contributed by atoms with van der Waals surface area (Å²) in [4.78, 5) is 11.7. The highest BCUT2D eigenvalue weighted by Crippen LogP contribution is 2.35. The molecule has 1 saturated heterocycles. The first kappa shape index (κ1) is 16.8. The second-order valence-electron chi connectivity index (χ2n) is 4.39. The average molecular weight is 375 g/mol. The summed E-state index contributed by atoms with van der Waals surface area (Å²) in [6.07, 6.45) is 0.924. The van der Waals surface area contributed by atoms with Gasteiger partial charge in [0.2, 0.25) is 10.0 Å². The Bertz CT molecular complexity index is 716. The first-order chi connectivity index (χ1) is 10.1. The first-order valence-corrected chi connectivity index (χ1v) is 8.33. The largest absolute Gasteiger partial charge is 0.342 e. The minimum Gasteiger partial charge on any atom is -0.282 e. The normalized spacial score (nSPS) is 15.5. The van der Waals surface area contributed by atoms with Crippen LogP contribution in [0.1, 0.15) is 0 Å². The molecule has 122 valence electrons. The molecule has 1 fully saturated rings. The topological polar surface area (TPSA) is 81.8 Å². The van der Waals surface area contributed by atoms with Gasteiger partial charge in [-0.05, 0) is 12.1 Å². The van der Waals surface area contributed by atoms with Crippen LogP contribution in [-0.4, -0.2) is 38.8 Å². The maximum atomic E-state index is 12.6. The van der Waals surface area contributed by atoms with E-state index < -0.39 is 29.3 Å². The van der Waals surface area contributed by atoms with Gasteiger partial charge < -0.3 is 0 Å². The van der Waals surface area contributed by atoms with Crippen molar-refractivity contribution in [2.75, 3.05) is 22.7 Å². The van der Waals surface area contributed by atoms with E-state index in [9.17, 15) is 22.0 Å². The zero-order valence-corrected chi connectivity index (χ0v) is 13.3. The number of sulfonamides is 1. The van der Waals surface area contributed by atoms with E-state index in [0.717, 1.165) is 11.3 Å². The molecule has 1 aliphatic rings. The van der Waals surface area contributed by atoms with E-state index in [1.165, 1.54) is 12.1 Å². The number of carbonyl (C=O) groups is 1. The van der Waals surface area contributed by atoms with Crippen LogP contribution in [0.25, 0.3) is 0 Å². The number of hydrogen-bond acceptors (Lipinski definition) is 4. The smallest absolute Gasteiger partial charge is 0.282 e. The van der Waals surface area contributed by atoms with Gasteiger partial charge in [-0.1, -0.05) is 23.2 Å². The number of hydrazine groups is 1. The van der Waals surface area contributed by atoms with E-state index in [2.05, 4.69) is 10.1 Å². The summed E-state index contributed by atoms with van der Waals surface area (Å²) in [5.74, 6) is 0. The molecule has 0 bridgehead atoms.